The van der Waals surface area contributed by atoms with Crippen molar-refractivity contribution in [2.24, 2.45) is 5.73 Å². The molecule has 2 aromatic rings. The fourth-order valence-corrected chi connectivity index (χ4v) is 2.84. The number of hydrogen-bond acceptors (Lipinski definition) is 6. The lowest BCUT2D eigenvalue weighted by atomic mass is 10.3. The van der Waals surface area contributed by atoms with Gasteiger partial charge in [0.15, 0.2) is 5.16 Å². The summed E-state index contributed by atoms with van der Waals surface area (Å²) in [5.41, 5.74) is 5.22. The van der Waals surface area contributed by atoms with E-state index in [2.05, 4.69) is 10.2 Å². The Hall–Kier alpha value is -2.00. The van der Waals surface area contributed by atoms with Crippen molar-refractivity contribution in [2.45, 2.75) is 29.9 Å². The molecule has 0 radical (unpaired) electrons. The van der Waals surface area contributed by atoms with E-state index in [-0.39, 0.29) is 5.69 Å². The Morgan fingerprint density at radius 1 is 1.48 bits per heavy atom. The molecular weight excluding hydrogens is 297 g/mol. The van der Waals surface area contributed by atoms with Gasteiger partial charge in [0.05, 0.1) is 15.9 Å². The molecule has 2 rings (SSSR count). The average molecular weight is 311 g/mol. The van der Waals surface area contributed by atoms with Crippen molar-refractivity contribution >= 4 is 17.4 Å². The van der Waals surface area contributed by atoms with Crippen LogP contribution in [0, 0.1) is 15.9 Å². The number of nitrogens with zero attached hydrogens (tertiary/aromatic N) is 4. The fraction of sp³-hybridized carbons (Fsp3) is 0.333. The number of rotatable bonds is 6. The van der Waals surface area contributed by atoms with Crippen LogP contribution in [0.15, 0.2) is 28.3 Å². The summed E-state index contributed by atoms with van der Waals surface area (Å²) in [6, 6.07) is 3.45. The minimum absolute atomic E-state index is 0.286. The summed E-state index contributed by atoms with van der Waals surface area (Å²) in [6.45, 7) is 2.99. The van der Waals surface area contributed by atoms with Gasteiger partial charge in [-0.1, -0.05) is 0 Å². The van der Waals surface area contributed by atoms with E-state index >= 15 is 0 Å². The summed E-state index contributed by atoms with van der Waals surface area (Å²) in [5.74, 6) is 0.0825. The molecule has 1 heterocycles. The number of aromatic nitrogens is 3. The molecule has 0 spiro atoms. The molecule has 0 aliphatic carbocycles. The Morgan fingerprint density at radius 3 is 2.86 bits per heavy atom. The van der Waals surface area contributed by atoms with Crippen LogP contribution < -0.4 is 5.73 Å². The molecule has 0 aliphatic rings. The van der Waals surface area contributed by atoms with E-state index in [4.69, 9.17) is 5.73 Å². The van der Waals surface area contributed by atoms with Crippen LogP contribution in [-0.2, 0) is 13.0 Å². The van der Waals surface area contributed by atoms with E-state index in [9.17, 15) is 14.5 Å². The Kier molecular flexibility index (Phi) is 4.86. The predicted octanol–water partition coefficient (Wildman–Crippen LogP) is 2.00. The van der Waals surface area contributed by atoms with Crippen LogP contribution in [0.1, 0.15) is 12.7 Å². The molecule has 0 saturated carbocycles. The monoisotopic (exact) mass is 311 g/mol. The minimum atomic E-state index is -0.646. The molecule has 1 aromatic carbocycles. The first-order valence-electron chi connectivity index (χ1n) is 6.30. The van der Waals surface area contributed by atoms with Gasteiger partial charge in [0, 0.05) is 13.0 Å². The molecule has 9 heteroatoms. The lowest BCUT2D eigenvalue weighted by molar-refractivity contribution is -0.387. The smallest absolute Gasteiger partial charge is 0.286 e. The van der Waals surface area contributed by atoms with Crippen molar-refractivity contribution in [1.82, 2.24) is 14.8 Å². The van der Waals surface area contributed by atoms with E-state index in [1.165, 1.54) is 12.1 Å². The first-order chi connectivity index (χ1) is 10.1. The zero-order chi connectivity index (χ0) is 15.4. The van der Waals surface area contributed by atoms with Gasteiger partial charge in [-0.2, -0.15) is 0 Å². The number of halogens is 1. The highest BCUT2D eigenvalue weighted by atomic mass is 32.2. The van der Waals surface area contributed by atoms with Gasteiger partial charge in [-0.25, -0.2) is 4.39 Å². The SMILES string of the molecule is CCn1c(CCN)nnc1Sc1ccc(F)cc1[N+](=O)[O-]. The first-order valence-corrected chi connectivity index (χ1v) is 7.12. The Labute approximate surface area is 124 Å². The molecule has 7 nitrogen and oxygen atoms in total. The molecule has 0 bridgehead atoms. The van der Waals surface area contributed by atoms with Crippen molar-refractivity contribution in [2.75, 3.05) is 6.54 Å². The third kappa shape index (κ3) is 3.37. The summed E-state index contributed by atoms with van der Waals surface area (Å²) < 4.78 is 15.0. The Bertz CT molecular complexity index is 661. The zero-order valence-corrected chi connectivity index (χ0v) is 12.1. The summed E-state index contributed by atoms with van der Waals surface area (Å²) in [6.07, 6.45) is 0.576. The second kappa shape index (κ2) is 6.64. The predicted molar refractivity (Wildman–Crippen MR) is 75.6 cm³/mol. The second-order valence-electron chi connectivity index (χ2n) is 4.15. The standard InChI is InChI=1S/C12H14FN5O2S/c1-2-17-11(5-6-14)15-16-12(17)21-10-4-3-8(13)7-9(10)18(19)20/h3-4,7H,2,5-6,14H2,1H3. The summed E-state index contributed by atoms with van der Waals surface area (Å²) in [5, 5.41) is 19.6. The van der Waals surface area contributed by atoms with Crippen molar-refractivity contribution in [1.29, 1.82) is 0 Å². The fourth-order valence-electron chi connectivity index (χ4n) is 1.84. The molecule has 0 unspecified atom stereocenters. The van der Waals surface area contributed by atoms with Crippen LogP contribution in [0.4, 0.5) is 10.1 Å². The molecule has 112 valence electrons. The number of hydrogen-bond donors (Lipinski definition) is 1. The molecule has 1 aromatic heterocycles. The average Bonchev–Trinajstić information content (AvgIpc) is 2.83. The first kappa shape index (κ1) is 15.4. The Balaban J connectivity index is 2.36. The number of benzene rings is 1. The Morgan fingerprint density at radius 2 is 2.24 bits per heavy atom. The van der Waals surface area contributed by atoms with Crippen LogP contribution in [0.2, 0.25) is 0 Å². The zero-order valence-electron chi connectivity index (χ0n) is 11.3. The van der Waals surface area contributed by atoms with Crippen LogP contribution in [0.5, 0.6) is 0 Å². The molecule has 2 N–H and O–H groups in total. The third-order valence-electron chi connectivity index (χ3n) is 2.80. The van der Waals surface area contributed by atoms with Crippen LogP contribution >= 0.6 is 11.8 Å². The van der Waals surface area contributed by atoms with Crippen molar-refractivity contribution in [3.63, 3.8) is 0 Å². The molecular formula is C12H14FN5O2S. The highest BCUT2D eigenvalue weighted by molar-refractivity contribution is 7.99. The maximum absolute atomic E-state index is 13.1. The van der Waals surface area contributed by atoms with Crippen LogP contribution in [0.25, 0.3) is 0 Å². The molecule has 0 aliphatic heterocycles. The second-order valence-corrected chi connectivity index (χ2v) is 5.16. The van der Waals surface area contributed by atoms with E-state index in [1.807, 2.05) is 11.5 Å². The van der Waals surface area contributed by atoms with Gasteiger partial charge in [-0.05, 0) is 37.4 Å². The van der Waals surface area contributed by atoms with E-state index in [0.717, 1.165) is 23.7 Å². The summed E-state index contributed by atoms with van der Waals surface area (Å²) in [7, 11) is 0. The molecule has 0 fully saturated rings. The van der Waals surface area contributed by atoms with Crippen LogP contribution in [-0.4, -0.2) is 26.2 Å². The molecule has 0 saturated heterocycles. The van der Waals surface area contributed by atoms with Gasteiger partial charge >= 0.3 is 0 Å². The van der Waals surface area contributed by atoms with Crippen molar-refractivity contribution in [3.05, 3.63) is 40.0 Å². The van der Waals surface area contributed by atoms with Gasteiger partial charge in [-0.3, -0.25) is 10.1 Å². The summed E-state index contributed by atoms with van der Waals surface area (Å²) >= 11 is 1.09. The van der Waals surface area contributed by atoms with Crippen molar-refractivity contribution < 1.29 is 9.31 Å². The number of nitro benzene ring substituents is 1. The van der Waals surface area contributed by atoms with E-state index < -0.39 is 10.7 Å². The van der Waals surface area contributed by atoms with E-state index in [0.29, 0.717) is 29.6 Å². The third-order valence-corrected chi connectivity index (χ3v) is 3.85. The summed E-state index contributed by atoms with van der Waals surface area (Å²) in [4.78, 5) is 10.7. The molecule has 21 heavy (non-hydrogen) atoms. The topological polar surface area (TPSA) is 99.9 Å². The highest BCUT2D eigenvalue weighted by Gasteiger charge is 2.19. The lowest BCUT2D eigenvalue weighted by Crippen LogP contribution is -2.09. The van der Waals surface area contributed by atoms with Crippen LogP contribution in [0.3, 0.4) is 0 Å². The number of nitrogens with two attached hydrogens (primary N) is 1. The minimum Gasteiger partial charge on any atom is -0.330 e. The van der Waals surface area contributed by atoms with Gasteiger partial charge in [0.1, 0.15) is 11.6 Å². The van der Waals surface area contributed by atoms with Gasteiger partial charge in [-0.15, -0.1) is 10.2 Å². The highest BCUT2D eigenvalue weighted by Crippen LogP contribution is 2.34. The van der Waals surface area contributed by atoms with Gasteiger partial charge < -0.3 is 10.3 Å². The number of nitro groups is 1. The maximum Gasteiger partial charge on any atom is 0.286 e. The van der Waals surface area contributed by atoms with E-state index in [1.54, 1.807) is 0 Å². The lowest BCUT2D eigenvalue weighted by Gasteiger charge is -2.06. The van der Waals surface area contributed by atoms with Gasteiger partial charge in [0.25, 0.3) is 5.69 Å². The normalized spacial score (nSPS) is 10.8. The largest absolute Gasteiger partial charge is 0.330 e. The maximum atomic E-state index is 13.1. The molecule has 0 amide bonds. The van der Waals surface area contributed by atoms with Gasteiger partial charge in [0.2, 0.25) is 0 Å². The van der Waals surface area contributed by atoms with Crippen molar-refractivity contribution in [3.8, 4) is 0 Å². The molecule has 0 atom stereocenters. The quantitative estimate of drug-likeness (QED) is 0.647.